The Morgan fingerprint density at radius 1 is 1.11 bits per heavy atom. The number of H-pyrrole nitrogens is 1. The molecule has 6 heteroatoms. The third kappa shape index (κ3) is 2.25. The standard InChI is InChI=1S/C22H15N3O2S/c1-26-20-5-4-14(11-23-20)18-9-15-19(28-18)10-16-21(24-25-22(15)16)13-3-2-12-6-7-27-17(12)8-13/h2-9,11H,10H2,1H3,(H,24,25). The molecule has 4 heterocycles. The molecule has 0 spiro atoms. The van der Waals surface area contributed by atoms with Crippen molar-refractivity contribution in [2.75, 3.05) is 7.11 Å². The summed E-state index contributed by atoms with van der Waals surface area (Å²) in [6.45, 7) is 0. The molecule has 1 aromatic carbocycles. The number of aromatic nitrogens is 3. The molecule has 0 saturated heterocycles. The first-order chi connectivity index (χ1) is 13.8. The molecule has 1 aliphatic carbocycles. The van der Waals surface area contributed by atoms with Gasteiger partial charge in [-0.2, -0.15) is 5.10 Å². The predicted octanol–water partition coefficient (Wildman–Crippen LogP) is 5.53. The van der Waals surface area contributed by atoms with Gasteiger partial charge in [0, 0.05) is 56.1 Å². The van der Waals surface area contributed by atoms with Crippen LogP contribution in [-0.4, -0.2) is 22.3 Å². The number of nitrogens with zero attached hydrogens (tertiary/aromatic N) is 2. The van der Waals surface area contributed by atoms with Gasteiger partial charge >= 0.3 is 0 Å². The van der Waals surface area contributed by atoms with Crippen molar-refractivity contribution in [1.29, 1.82) is 0 Å². The molecular formula is C22H15N3O2S. The number of thiophene rings is 1. The monoisotopic (exact) mass is 385 g/mol. The Hall–Kier alpha value is -3.38. The van der Waals surface area contributed by atoms with Crippen molar-refractivity contribution in [2.45, 2.75) is 6.42 Å². The minimum Gasteiger partial charge on any atom is -0.481 e. The lowest BCUT2D eigenvalue weighted by molar-refractivity contribution is 0.398. The van der Waals surface area contributed by atoms with Crippen molar-refractivity contribution < 1.29 is 9.15 Å². The zero-order chi connectivity index (χ0) is 18.7. The number of rotatable bonds is 3. The van der Waals surface area contributed by atoms with E-state index < -0.39 is 0 Å². The van der Waals surface area contributed by atoms with E-state index in [4.69, 9.17) is 9.15 Å². The predicted molar refractivity (Wildman–Crippen MR) is 110 cm³/mol. The molecule has 0 atom stereocenters. The number of pyridine rings is 1. The molecule has 28 heavy (non-hydrogen) atoms. The summed E-state index contributed by atoms with van der Waals surface area (Å²) < 4.78 is 10.7. The first-order valence-corrected chi connectivity index (χ1v) is 9.80. The van der Waals surface area contributed by atoms with Crippen LogP contribution < -0.4 is 4.74 Å². The van der Waals surface area contributed by atoms with Crippen LogP contribution in [0.1, 0.15) is 10.4 Å². The lowest BCUT2D eigenvalue weighted by Crippen LogP contribution is -1.86. The van der Waals surface area contributed by atoms with Crippen LogP contribution in [0.2, 0.25) is 0 Å². The fourth-order valence-corrected chi connectivity index (χ4v) is 4.99. The van der Waals surface area contributed by atoms with Crippen LogP contribution in [0, 0.1) is 0 Å². The summed E-state index contributed by atoms with van der Waals surface area (Å²) in [4.78, 5) is 6.88. The zero-order valence-corrected chi connectivity index (χ0v) is 15.8. The molecular weight excluding hydrogens is 370 g/mol. The zero-order valence-electron chi connectivity index (χ0n) is 15.0. The average molecular weight is 385 g/mol. The van der Waals surface area contributed by atoms with Crippen LogP contribution in [-0.2, 0) is 6.42 Å². The lowest BCUT2D eigenvalue weighted by atomic mass is 10.0. The normalized spacial score (nSPS) is 12.3. The highest BCUT2D eigenvalue weighted by molar-refractivity contribution is 7.16. The number of hydrogen-bond acceptors (Lipinski definition) is 5. The van der Waals surface area contributed by atoms with E-state index in [0.717, 1.165) is 39.9 Å². The molecule has 1 aliphatic rings. The van der Waals surface area contributed by atoms with Gasteiger partial charge in [0.25, 0.3) is 0 Å². The first kappa shape index (κ1) is 15.7. The molecule has 4 aromatic heterocycles. The molecule has 0 fully saturated rings. The van der Waals surface area contributed by atoms with E-state index in [2.05, 4.69) is 39.4 Å². The number of methoxy groups -OCH3 is 1. The van der Waals surface area contributed by atoms with E-state index in [0.29, 0.717) is 5.88 Å². The summed E-state index contributed by atoms with van der Waals surface area (Å²) in [6, 6.07) is 14.4. The van der Waals surface area contributed by atoms with E-state index in [1.165, 1.54) is 20.9 Å². The Bertz CT molecular complexity index is 1330. The highest BCUT2D eigenvalue weighted by Gasteiger charge is 2.28. The number of aromatic amines is 1. The van der Waals surface area contributed by atoms with Crippen molar-refractivity contribution in [3.63, 3.8) is 0 Å². The van der Waals surface area contributed by atoms with Gasteiger partial charge in [0.2, 0.25) is 5.88 Å². The van der Waals surface area contributed by atoms with Gasteiger partial charge in [-0.1, -0.05) is 12.1 Å². The lowest BCUT2D eigenvalue weighted by Gasteiger charge is -2.01. The Morgan fingerprint density at radius 3 is 2.89 bits per heavy atom. The topological polar surface area (TPSA) is 63.9 Å². The smallest absolute Gasteiger partial charge is 0.212 e. The molecule has 0 unspecified atom stereocenters. The number of ether oxygens (including phenoxy) is 1. The van der Waals surface area contributed by atoms with E-state index in [1.54, 1.807) is 13.4 Å². The third-order valence-electron chi connectivity index (χ3n) is 5.24. The van der Waals surface area contributed by atoms with Gasteiger partial charge in [-0.25, -0.2) is 4.98 Å². The molecule has 0 amide bonds. The maximum atomic E-state index is 5.55. The average Bonchev–Trinajstić information content (AvgIpc) is 3.48. The molecule has 6 rings (SSSR count). The molecule has 0 saturated carbocycles. The Morgan fingerprint density at radius 2 is 2.04 bits per heavy atom. The fraction of sp³-hybridized carbons (Fsp3) is 0.0909. The van der Waals surface area contributed by atoms with Crippen molar-refractivity contribution in [3.8, 4) is 38.8 Å². The number of nitrogens with one attached hydrogen (secondary N) is 1. The van der Waals surface area contributed by atoms with Crippen molar-refractivity contribution in [3.05, 3.63) is 65.4 Å². The minimum atomic E-state index is 0.627. The Labute approximate surface area is 164 Å². The highest BCUT2D eigenvalue weighted by atomic mass is 32.1. The summed E-state index contributed by atoms with van der Waals surface area (Å²) >= 11 is 1.81. The van der Waals surface area contributed by atoms with Gasteiger partial charge in [0.15, 0.2) is 0 Å². The molecule has 1 N–H and O–H groups in total. The van der Waals surface area contributed by atoms with Gasteiger partial charge in [-0.05, 0) is 24.3 Å². The van der Waals surface area contributed by atoms with Crippen LogP contribution in [0.15, 0.2) is 59.3 Å². The van der Waals surface area contributed by atoms with E-state index >= 15 is 0 Å². The quantitative estimate of drug-likeness (QED) is 0.435. The second kappa shape index (κ2) is 5.81. The van der Waals surface area contributed by atoms with Crippen LogP contribution >= 0.6 is 11.3 Å². The van der Waals surface area contributed by atoms with Crippen molar-refractivity contribution in [2.24, 2.45) is 0 Å². The summed E-state index contributed by atoms with van der Waals surface area (Å²) in [5.74, 6) is 0.627. The number of furan rings is 1. The summed E-state index contributed by atoms with van der Waals surface area (Å²) in [5.41, 5.74) is 7.68. The molecule has 5 nitrogen and oxygen atoms in total. The van der Waals surface area contributed by atoms with Gasteiger partial charge in [0.05, 0.1) is 24.8 Å². The highest BCUT2D eigenvalue weighted by Crippen LogP contribution is 2.46. The second-order valence-electron chi connectivity index (χ2n) is 6.81. The van der Waals surface area contributed by atoms with Crippen molar-refractivity contribution in [1.82, 2.24) is 15.2 Å². The molecule has 5 aromatic rings. The van der Waals surface area contributed by atoms with E-state index in [1.807, 2.05) is 35.7 Å². The van der Waals surface area contributed by atoms with Gasteiger partial charge in [-0.15, -0.1) is 11.3 Å². The second-order valence-corrected chi connectivity index (χ2v) is 7.95. The Balaban J connectivity index is 1.39. The third-order valence-corrected chi connectivity index (χ3v) is 6.43. The van der Waals surface area contributed by atoms with Gasteiger partial charge in [-0.3, -0.25) is 5.10 Å². The Kier molecular flexibility index (Phi) is 3.25. The largest absolute Gasteiger partial charge is 0.481 e. The summed E-state index contributed by atoms with van der Waals surface area (Å²) in [5, 5.41) is 8.97. The first-order valence-electron chi connectivity index (χ1n) is 8.98. The number of fused-ring (bicyclic) bond motifs is 4. The summed E-state index contributed by atoms with van der Waals surface area (Å²) in [7, 11) is 1.63. The number of hydrogen-bond donors (Lipinski definition) is 1. The van der Waals surface area contributed by atoms with Crippen LogP contribution in [0.5, 0.6) is 5.88 Å². The summed E-state index contributed by atoms with van der Waals surface area (Å²) in [6.07, 6.45) is 4.47. The minimum absolute atomic E-state index is 0.627. The fourth-order valence-electron chi connectivity index (χ4n) is 3.82. The maximum absolute atomic E-state index is 5.55. The van der Waals surface area contributed by atoms with Gasteiger partial charge in [0.1, 0.15) is 5.58 Å². The van der Waals surface area contributed by atoms with E-state index in [9.17, 15) is 0 Å². The molecule has 0 aliphatic heterocycles. The van der Waals surface area contributed by atoms with Crippen molar-refractivity contribution >= 4 is 22.3 Å². The van der Waals surface area contributed by atoms with E-state index in [-0.39, 0.29) is 0 Å². The van der Waals surface area contributed by atoms with Crippen LogP contribution in [0.3, 0.4) is 0 Å². The number of benzene rings is 1. The SMILES string of the molecule is COc1ccc(-c2cc3c(s2)Cc2c(-c4ccc5ccoc5c4)n[nH]c2-3)cn1. The molecule has 136 valence electrons. The maximum Gasteiger partial charge on any atom is 0.212 e. The van der Waals surface area contributed by atoms with Crippen LogP contribution in [0.4, 0.5) is 0 Å². The molecule has 0 bridgehead atoms. The van der Waals surface area contributed by atoms with Gasteiger partial charge < -0.3 is 9.15 Å². The molecule has 0 radical (unpaired) electrons. The van der Waals surface area contributed by atoms with Crippen LogP contribution in [0.25, 0.3) is 43.9 Å².